The minimum atomic E-state index is -0.451. The van der Waals surface area contributed by atoms with E-state index in [0.717, 1.165) is 22.5 Å². The second-order valence-corrected chi connectivity index (χ2v) is 7.86. The van der Waals surface area contributed by atoms with E-state index in [4.69, 9.17) is 16.3 Å². The summed E-state index contributed by atoms with van der Waals surface area (Å²) >= 11 is 7.01. The maximum absolute atomic E-state index is 12.9. The van der Waals surface area contributed by atoms with Crippen molar-refractivity contribution in [2.45, 2.75) is 6.42 Å². The van der Waals surface area contributed by atoms with Gasteiger partial charge in [0.05, 0.1) is 4.53 Å². The van der Waals surface area contributed by atoms with Crippen LogP contribution in [0.2, 0.25) is 5.02 Å². The normalized spacial score (nSPS) is 11.7. The van der Waals surface area contributed by atoms with Gasteiger partial charge in [-0.25, -0.2) is 0 Å². The molecule has 0 saturated carbocycles. The molecule has 0 spiro atoms. The molecule has 150 valence electrons. The third-order valence-electron chi connectivity index (χ3n) is 4.30. The maximum atomic E-state index is 12.9. The monoisotopic (exact) mass is 437 g/mol. The van der Waals surface area contributed by atoms with Gasteiger partial charge in [0.15, 0.2) is 0 Å². The first-order chi connectivity index (χ1) is 14.5. The molecule has 0 N–H and O–H groups in total. The van der Waals surface area contributed by atoms with Crippen LogP contribution in [-0.2, 0) is 6.42 Å². The van der Waals surface area contributed by atoms with Crippen LogP contribution in [0.4, 0.5) is 0 Å². The zero-order valence-corrected chi connectivity index (χ0v) is 17.3. The lowest BCUT2D eigenvalue weighted by molar-refractivity contribution is 0.362. The second-order valence-electron chi connectivity index (χ2n) is 6.41. The van der Waals surface area contributed by atoms with E-state index in [2.05, 4.69) is 16.7 Å². The molecular weight excluding hydrogens is 422 g/mol. The summed E-state index contributed by atoms with van der Waals surface area (Å²) in [5, 5.41) is 4.87. The minimum Gasteiger partial charge on any atom is -0.489 e. The molecule has 0 amide bonds. The highest BCUT2D eigenvalue weighted by Crippen LogP contribution is 2.18. The molecule has 2 aromatic carbocycles. The molecule has 6 nitrogen and oxygen atoms in total. The van der Waals surface area contributed by atoms with Crippen LogP contribution in [0, 0.1) is 0 Å². The number of halogens is 1. The van der Waals surface area contributed by atoms with Crippen molar-refractivity contribution in [1.82, 2.24) is 14.6 Å². The van der Waals surface area contributed by atoms with Gasteiger partial charge in [0.2, 0.25) is 4.96 Å². The van der Waals surface area contributed by atoms with Crippen LogP contribution in [0.15, 0.2) is 70.8 Å². The van der Waals surface area contributed by atoms with Crippen LogP contribution in [-0.4, -0.2) is 21.2 Å². The molecule has 0 radical (unpaired) electrons. The number of benzene rings is 2. The minimum absolute atomic E-state index is 0.200. The van der Waals surface area contributed by atoms with E-state index < -0.39 is 5.56 Å². The summed E-state index contributed by atoms with van der Waals surface area (Å²) in [6, 6.07) is 14.5. The van der Waals surface area contributed by atoms with Crippen molar-refractivity contribution in [3.8, 4) is 5.75 Å². The molecule has 0 atom stereocenters. The summed E-state index contributed by atoms with van der Waals surface area (Å²) in [6.07, 6.45) is 3.63. The fourth-order valence-corrected chi connectivity index (χ4v) is 3.89. The molecule has 0 aliphatic carbocycles. The molecule has 8 heteroatoms. The van der Waals surface area contributed by atoms with Crippen molar-refractivity contribution in [3.63, 3.8) is 0 Å². The standard InChI is InChI=1S/C22H16ClN3O3S/c1-2-11-29-18-6-4-3-5-15(18)13-19-21(28)26-22(30-19)24-20(27)17(25-26)12-14-7-9-16(23)10-8-14/h2-10,13H,1,11-12H2/b19-13-. The Balaban J connectivity index is 1.77. The van der Waals surface area contributed by atoms with Crippen molar-refractivity contribution in [2.24, 2.45) is 0 Å². The fraction of sp³-hybridized carbons (Fsp3) is 0.0909. The second kappa shape index (κ2) is 8.61. The van der Waals surface area contributed by atoms with Crippen LogP contribution in [0.25, 0.3) is 11.0 Å². The van der Waals surface area contributed by atoms with Crippen molar-refractivity contribution in [3.05, 3.63) is 108 Å². The van der Waals surface area contributed by atoms with E-state index in [0.29, 0.717) is 21.9 Å². The molecule has 0 bridgehead atoms. The van der Waals surface area contributed by atoms with Crippen molar-refractivity contribution >= 4 is 34.0 Å². The predicted octanol–water partition coefficient (Wildman–Crippen LogP) is 2.87. The van der Waals surface area contributed by atoms with Crippen molar-refractivity contribution in [1.29, 1.82) is 0 Å². The Hall–Kier alpha value is -3.29. The zero-order chi connectivity index (χ0) is 21.1. The molecule has 2 aromatic heterocycles. The summed E-state index contributed by atoms with van der Waals surface area (Å²) in [5.74, 6) is 0.633. The number of rotatable bonds is 6. The molecule has 30 heavy (non-hydrogen) atoms. The summed E-state index contributed by atoms with van der Waals surface area (Å²) in [4.78, 5) is 29.6. The highest BCUT2D eigenvalue weighted by atomic mass is 35.5. The number of ether oxygens (including phenoxy) is 1. The SMILES string of the molecule is C=CCOc1ccccc1/C=c1\sc2nc(=O)c(Cc3ccc(Cl)cc3)nn2c1=O. The molecule has 0 unspecified atom stereocenters. The fourth-order valence-electron chi connectivity index (χ4n) is 2.87. The Morgan fingerprint density at radius 2 is 1.90 bits per heavy atom. The molecule has 4 rings (SSSR count). The Kier molecular flexibility index (Phi) is 5.74. The molecule has 4 aromatic rings. The summed E-state index contributed by atoms with van der Waals surface area (Å²) in [7, 11) is 0. The molecule has 0 aliphatic heterocycles. The highest BCUT2D eigenvalue weighted by Gasteiger charge is 2.12. The lowest BCUT2D eigenvalue weighted by atomic mass is 10.1. The number of thiazole rings is 1. The molecule has 2 heterocycles. The molecule has 0 saturated heterocycles. The number of hydrogen-bond donors (Lipinski definition) is 0. The Morgan fingerprint density at radius 1 is 1.13 bits per heavy atom. The predicted molar refractivity (Wildman–Crippen MR) is 119 cm³/mol. The van der Waals surface area contributed by atoms with Gasteiger partial charge in [0.25, 0.3) is 11.1 Å². The van der Waals surface area contributed by atoms with Gasteiger partial charge in [-0.2, -0.15) is 14.6 Å². The Bertz CT molecular complexity index is 1390. The number of aromatic nitrogens is 3. The van der Waals surface area contributed by atoms with Crippen LogP contribution < -0.4 is 20.4 Å². The van der Waals surface area contributed by atoms with Gasteiger partial charge in [-0.3, -0.25) is 9.59 Å². The Labute approximate surface area is 180 Å². The average Bonchev–Trinajstić information content (AvgIpc) is 3.04. The topological polar surface area (TPSA) is 73.6 Å². The van der Waals surface area contributed by atoms with Crippen LogP contribution >= 0.6 is 22.9 Å². The van der Waals surface area contributed by atoms with Gasteiger partial charge in [-0.05, 0) is 29.8 Å². The average molecular weight is 438 g/mol. The lowest BCUT2D eigenvalue weighted by Gasteiger charge is -2.05. The van der Waals surface area contributed by atoms with Crippen molar-refractivity contribution < 1.29 is 4.74 Å². The summed E-state index contributed by atoms with van der Waals surface area (Å²) < 4.78 is 7.23. The number of fused-ring (bicyclic) bond motifs is 1. The van der Waals surface area contributed by atoms with E-state index in [1.165, 1.54) is 4.52 Å². The van der Waals surface area contributed by atoms with Crippen LogP contribution in [0.3, 0.4) is 0 Å². The largest absolute Gasteiger partial charge is 0.489 e. The smallest absolute Gasteiger partial charge is 0.296 e. The van der Waals surface area contributed by atoms with Gasteiger partial charge in [0, 0.05) is 17.0 Å². The van der Waals surface area contributed by atoms with E-state index in [1.54, 1.807) is 24.3 Å². The lowest BCUT2D eigenvalue weighted by Crippen LogP contribution is -2.28. The zero-order valence-electron chi connectivity index (χ0n) is 15.7. The van der Waals surface area contributed by atoms with E-state index in [9.17, 15) is 9.59 Å². The van der Waals surface area contributed by atoms with Gasteiger partial charge in [-0.1, -0.05) is 65.9 Å². The van der Waals surface area contributed by atoms with E-state index >= 15 is 0 Å². The maximum Gasteiger partial charge on any atom is 0.296 e. The summed E-state index contributed by atoms with van der Waals surface area (Å²) in [6.45, 7) is 4.00. The van der Waals surface area contributed by atoms with E-state index in [-0.39, 0.29) is 22.6 Å². The van der Waals surface area contributed by atoms with E-state index in [1.807, 2.05) is 36.4 Å². The van der Waals surface area contributed by atoms with Crippen LogP contribution in [0.5, 0.6) is 5.75 Å². The number of para-hydroxylation sites is 1. The Morgan fingerprint density at radius 3 is 2.67 bits per heavy atom. The third kappa shape index (κ3) is 4.17. The molecule has 0 aliphatic rings. The first-order valence-electron chi connectivity index (χ1n) is 9.07. The van der Waals surface area contributed by atoms with Crippen LogP contribution in [0.1, 0.15) is 16.8 Å². The first-order valence-corrected chi connectivity index (χ1v) is 10.3. The van der Waals surface area contributed by atoms with Gasteiger partial charge >= 0.3 is 0 Å². The third-order valence-corrected chi connectivity index (χ3v) is 5.51. The highest BCUT2D eigenvalue weighted by molar-refractivity contribution is 7.15. The first kappa shape index (κ1) is 20.0. The summed E-state index contributed by atoms with van der Waals surface area (Å²) in [5.41, 5.74) is 1.01. The molecule has 0 fully saturated rings. The molecular formula is C22H16ClN3O3S. The van der Waals surface area contributed by atoms with Gasteiger partial charge in [0.1, 0.15) is 18.1 Å². The van der Waals surface area contributed by atoms with Gasteiger partial charge in [-0.15, -0.1) is 0 Å². The van der Waals surface area contributed by atoms with Gasteiger partial charge < -0.3 is 4.74 Å². The van der Waals surface area contributed by atoms with Crippen molar-refractivity contribution in [2.75, 3.05) is 6.61 Å². The number of hydrogen-bond acceptors (Lipinski definition) is 6. The quantitative estimate of drug-likeness (QED) is 0.434. The number of nitrogens with zero attached hydrogens (tertiary/aromatic N) is 3.